The minimum Gasteiger partial charge on any atom is -0.341 e. The van der Waals surface area contributed by atoms with Gasteiger partial charge in [-0.2, -0.15) is 0 Å². The van der Waals surface area contributed by atoms with Gasteiger partial charge in [-0.3, -0.25) is 4.90 Å². The molecule has 6 aromatic rings. The summed E-state index contributed by atoms with van der Waals surface area (Å²) >= 11 is 3.44. The Hall–Kier alpha value is -4.04. The molecule has 0 radical (unpaired) electrons. The zero-order valence-electron chi connectivity index (χ0n) is 34.7. The van der Waals surface area contributed by atoms with Crippen molar-refractivity contribution in [1.82, 2.24) is 40.0 Å². The van der Waals surface area contributed by atoms with Gasteiger partial charge in [0, 0.05) is 103 Å². The van der Waals surface area contributed by atoms with Crippen molar-refractivity contribution in [2.75, 3.05) is 102 Å². The van der Waals surface area contributed by atoms with Crippen molar-refractivity contribution in [2.45, 2.75) is 51.0 Å². The fraction of sp³-hybridized carbons (Fsp3) is 0.489. The van der Waals surface area contributed by atoms with Crippen LogP contribution in [0.25, 0.3) is 42.7 Å². The lowest BCUT2D eigenvalue weighted by Gasteiger charge is -2.35. The van der Waals surface area contributed by atoms with Crippen molar-refractivity contribution in [1.29, 1.82) is 0 Å². The molecule has 1 atom stereocenters. The molecule has 4 aliphatic heterocycles. The second kappa shape index (κ2) is 19.6. The van der Waals surface area contributed by atoms with Crippen LogP contribution in [0.3, 0.4) is 0 Å². The molecule has 0 amide bonds. The third kappa shape index (κ3) is 9.96. The summed E-state index contributed by atoms with van der Waals surface area (Å²) in [7, 11) is 2.27. The van der Waals surface area contributed by atoms with E-state index in [1.807, 2.05) is 12.4 Å². The number of likely N-dealkylation sites (tertiary alicyclic amines) is 2. The molecule has 12 heteroatoms. The fourth-order valence-electron chi connectivity index (χ4n) is 9.32. The van der Waals surface area contributed by atoms with Gasteiger partial charge in [0.05, 0.1) is 0 Å². The van der Waals surface area contributed by atoms with Gasteiger partial charge in [-0.05, 0) is 102 Å². The lowest BCUT2D eigenvalue weighted by molar-refractivity contribution is 0.215. The number of rotatable bonds is 12. The third-order valence-electron chi connectivity index (χ3n) is 13.1. The van der Waals surface area contributed by atoms with Crippen LogP contribution in [0.2, 0.25) is 0 Å². The summed E-state index contributed by atoms with van der Waals surface area (Å²) in [5, 5.41) is 10.5. The van der Waals surface area contributed by atoms with Gasteiger partial charge in [-0.25, -0.2) is 19.9 Å². The van der Waals surface area contributed by atoms with E-state index in [4.69, 9.17) is 19.9 Å². The molecule has 10 rings (SSSR count). The van der Waals surface area contributed by atoms with Crippen molar-refractivity contribution in [2.24, 2.45) is 5.92 Å². The summed E-state index contributed by atoms with van der Waals surface area (Å²) in [6, 6.07) is 21.8. The highest BCUT2D eigenvalue weighted by Crippen LogP contribution is 2.35. The van der Waals surface area contributed by atoms with Crippen molar-refractivity contribution in [3.05, 3.63) is 83.8 Å². The molecule has 1 N–H and O–H groups in total. The average Bonchev–Trinajstić information content (AvgIpc) is 4.13. The largest absolute Gasteiger partial charge is 0.341 e. The number of aromatic nitrogens is 4. The molecular weight excluding hydrogens is 769 g/mol. The van der Waals surface area contributed by atoms with Gasteiger partial charge in [-0.15, -0.1) is 22.7 Å². The van der Waals surface area contributed by atoms with E-state index in [0.29, 0.717) is 0 Å². The first-order chi connectivity index (χ1) is 29.1. The first-order valence-corrected chi connectivity index (χ1v) is 23.9. The smallest absolute Gasteiger partial charge is 0.226 e. The maximum absolute atomic E-state index is 4.91. The van der Waals surface area contributed by atoms with Gasteiger partial charge < -0.3 is 24.9 Å². The number of thiophene rings is 2. The maximum Gasteiger partial charge on any atom is 0.226 e. The lowest BCUT2D eigenvalue weighted by atomic mass is 9.97. The van der Waals surface area contributed by atoms with Crippen molar-refractivity contribution < 1.29 is 0 Å². The Morgan fingerprint density at radius 1 is 0.610 bits per heavy atom. The van der Waals surface area contributed by atoms with Crippen LogP contribution in [-0.4, -0.2) is 133 Å². The summed E-state index contributed by atoms with van der Waals surface area (Å²) < 4.78 is 0. The molecule has 4 saturated heterocycles. The molecule has 4 fully saturated rings. The highest BCUT2D eigenvalue weighted by molar-refractivity contribution is 7.17. The lowest BCUT2D eigenvalue weighted by Crippen LogP contribution is -2.48. The number of hydrogen-bond acceptors (Lipinski definition) is 12. The summed E-state index contributed by atoms with van der Waals surface area (Å²) in [5.74, 6) is 2.55. The van der Waals surface area contributed by atoms with Crippen LogP contribution in [0, 0.1) is 5.92 Å². The number of hydrogen-bond donors (Lipinski definition) is 1. The van der Waals surface area contributed by atoms with Crippen LogP contribution in [0.5, 0.6) is 0 Å². The van der Waals surface area contributed by atoms with Gasteiger partial charge in [0.2, 0.25) is 11.9 Å². The van der Waals surface area contributed by atoms with Crippen LogP contribution in [0.4, 0.5) is 11.9 Å². The predicted molar refractivity (Wildman–Crippen MR) is 248 cm³/mol. The van der Waals surface area contributed by atoms with E-state index in [0.717, 1.165) is 96.6 Å². The Balaban J connectivity index is 0.000000153. The molecule has 10 nitrogen and oxygen atoms in total. The molecule has 2 aromatic carbocycles. The number of piperazine rings is 1. The van der Waals surface area contributed by atoms with Crippen LogP contribution in [-0.2, 0) is 0 Å². The van der Waals surface area contributed by atoms with E-state index in [1.165, 1.54) is 99.9 Å². The minimum atomic E-state index is 0.771. The van der Waals surface area contributed by atoms with Crippen molar-refractivity contribution in [3.8, 4) is 22.3 Å². The number of benzene rings is 2. The van der Waals surface area contributed by atoms with E-state index in [9.17, 15) is 0 Å². The highest BCUT2D eigenvalue weighted by Gasteiger charge is 2.24. The van der Waals surface area contributed by atoms with Crippen molar-refractivity contribution >= 4 is 55.0 Å². The second-order valence-electron chi connectivity index (χ2n) is 16.9. The molecule has 59 heavy (non-hydrogen) atoms. The molecule has 0 saturated carbocycles. The quantitative estimate of drug-likeness (QED) is 0.122. The molecular formula is C47H60N10S2. The van der Waals surface area contributed by atoms with Crippen LogP contribution in [0.15, 0.2) is 83.8 Å². The van der Waals surface area contributed by atoms with Crippen LogP contribution < -0.4 is 15.1 Å². The Morgan fingerprint density at radius 3 is 1.69 bits per heavy atom. The van der Waals surface area contributed by atoms with E-state index in [2.05, 4.69) is 108 Å². The number of nitrogens with zero attached hydrogens (tertiary/aromatic N) is 9. The number of fused-ring (bicyclic) bond motifs is 2. The van der Waals surface area contributed by atoms with Gasteiger partial charge in [0.1, 0.15) is 9.66 Å². The topological polar surface area (TPSA) is 79.8 Å². The molecule has 310 valence electrons. The zero-order valence-corrected chi connectivity index (χ0v) is 36.4. The first kappa shape index (κ1) is 40.4. The Bertz CT molecular complexity index is 2210. The average molecular weight is 829 g/mol. The predicted octanol–water partition coefficient (Wildman–Crippen LogP) is 8.22. The molecule has 8 heterocycles. The van der Waals surface area contributed by atoms with E-state index in [-0.39, 0.29) is 0 Å². The summed E-state index contributed by atoms with van der Waals surface area (Å²) in [6.45, 7) is 14.9. The second-order valence-corrected chi connectivity index (χ2v) is 18.6. The Labute approximate surface area is 358 Å². The number of nitrogens with one attached hydrogen (secondary N) is 1. The third-order valence-corrected chi connectivity index (χ3v) is 14.8. The highest BCUT2D eigenvalue weighted by atomic mass is 32.1. The fourth-order valence-corrected chi connectivity index (χ4v) is 11.2. The molecule has 4 aromatic heterocycles. The number of anilines is 2. The zero-order chi connectivity index (χ0) is 39.8. The molecule has 4 aliphatic rings. The van der Waals surface area contributed by atoms with Gasteiger partial charge in [0.25, 0.3) is 0 Å². The molecule has 0 bridgehead atoms. The van der Waals surface area contributed by atoms with Crippen LogP contribution >= 0.6 is 22.7 Å². The van der Waals surface area contributed by atoms with Gasteiger partial charge in [0.15, 0.2) is 0 Å². The summed E-state index contributed by atoms with van der Waals surface area (Å²) in [5.41, 5.74) is 4.94. The van der Waals surface area contributed by atoms with Crippen molar-refractivity contribution in [3.63, 3.8) is 0 Å². The standard InChI is InChI=1S/C25H33N5S.C22H27N5S/c1-29-13-5-8-21(29)9-12-26-16-19-10-14-30(15-11-19)25-27-17-22-23(18-31-24(22)28-25)20-6-3-2-4-7-20;1-2-6-18(7-3-1)20-17-28-21-19(20)16-23-22(24-21)27-14-12-26(13-15-27)11-10-25-8-4-5-9-25/h2-4,6-7,17-19,21,26H,5,8-16H2,1H3;1-3,6-7,16-17H,4-5,8-15H2. The monoisotopic (exact) mass is 828 g/mol. The molecule has 0 spiro atoms. The Kier molecular flexibility index (Phi) is 13.4. The Morgan fingerprint density at radius 2 is 1.15 bits per heavy atom. The number of piperidine rings is 1. The van der Waals surface area contributed by atoms with Gasteiger partial charge in [-0.1, -0.05) is 60.7 Å². The first-order valence-electron chi connectivity index (χ1n) is 22.1. The molecule has 1 unspecified atom stereocenters. The van der Waals surface area contributed by atoms with E-state index < -0.39 is 0 Å². The van der Waals surface area contributed by atoms with Gasteiger partial charge >= 0.3 is 0 Å². The summed E-state index contributed by atoms with van der Waals surface area (Å²) in [4.78, 5) is 33.8. The summed E-state index contributed by atoms with van der Waals surface area (Å²) in [6.07, 6.45) is 13.2. The van der Waals surface area contributed by atoms with E-state index >= 15 is 0 Å². The normalized spacial score (nSPS) is 19.8. The SMILES string of the molecule is CN1CCCC1CCNCC1CCN(c2ncc3c(-c4ccccc4)csc3n2)CC1.c1ccc(-c2csc3nc(N4CCN(CCN5CCCC5)CC4)ncc23)cc1. The minimum absolute atomic E-state index is 0.771. The maximum atomic E-state index is 4.91. The van der Waals surface area contributed by atoms with Crippen LogP contribution in [0.1, 0.15) is 44.9 Å². The van der Waals surface area contributed by atoms with E-state index in [1.54, 1.807) is 22.7 Å². The molecule has 0 aliphatic carbocycles.